The van der Waals surface area contributed by atoms with Gasteiger partial charge in [0.05, 0.1) is 23.6 Å². The van der Waals surface area contributed by atoms with Crippen LogP contribution in [0.4, 0.5) is 16.2 Å². The highest BCUT2D eigenvalue weighted by molar-refractivity contribution is 5.93. The van der Waals surface area contributed by atoms with Gasteiger partial charge < -0.3 is 19.9 Å². The number of nitrogens with zero attached hydrogens (tertiary/aromatic N) is 2. The SMILES string of the molecule is CC1CN(c2ccccc2NC(=O)N2CCCCCC2)CC(C)O1. The van der Waals surface area contributed by atoms with Crippen molar-refractivity contribution in [2.24, 2.45) is 0 Å². The summed E-state index contributed by atoms with van der Waals surface area (Å²) in [6.45, 7) is 7.61. The molecule has 0 aromatic heterocycles. The van der Waals surface area contributed by atoms with Gasteiger partial charge in [-0.05, 0) is 38.8 Å². The van der Waals surface area contributed by atoms with Crippen LogP contribution in [0.25, 0.3) is 0 Å². The Hall–Kier alpha value is -1.75. The molecule has 0 aliphatic carbocycles. The topological polar surface area (TPSA) is 44.8 Å². The average molecular weight is 331 g/mol. The van der Waals surface area contributed by atoms with Crippen molar-refractivity contribution < 1.29 is 9.53 Å². The lowest BCUT2D eigenvalue weighted by molar-refractivity contribution is -0.00517. The van der Waals surface area contributed by atoms with E-state index < -0.39 is 0 Å². The smallest absolute Gasteiger partial charge is 0.321 e. The number of benzene rings is 1. The molecule has 1 aromatic carbocycles. The van der Waals surface area contributed by atoms with Gasteiger partial charge in [0, 0.05) is 26.2 Å². The van der Waals surface area contributed by atoms with E-state index in [4.69, 9.17) is 4.74 Å². The van der Waals surface area contributed by atoms with Gasteiger partial charge in [-0.2, -0.15) is 0 Å². The van der Waals surface area contributed by atoms with Crippen LogP contribution in [-0.2, 0) is 4.74 Å². The third kappa shape index (κ3) is 4.20. The average Bonchev–Trinajstić information content (AvgIpc) is 2.84. The number of hydrogen-bond donors (Lipinski definition) is 1. The molecule has 2 atom stereocenters. The van der Waals surface area contributed by atoms with Crippen molar-refractivity contribution in [1.82, 2.24) is 4.90 Å². The number of anilines is 2. The predicted molar refractivity (Wildman–Crippen MR) is 97.7 cm³/mol. The number of nitrogens with one attached hydrogen (secondary N) is 1. The van der Waals surface area contributed by atoms with Crippen LogP contribution in [0.5, 0.6) is 0 Å². The molecule has 5 nitrogen and oxygen atoms in total. The molecule has 2 aliphatic heterocycles. The standard InChI is InChI=1S/C19H29N3O2/c1-15-13-22(14-16(2)24-15)18-10-6-5-9-17(18)20-19(23)21-11-7-3-4-8-12-21/h5-6,9-10,15-16H,3-4,7-8,11-14H2,1-2H3,(H,20,23). The van der Waals surface area contributed by atoms with Gasteiger partial charge in [-0.15, -0.1) is 0 Å². The summed E-state index contributed by atoms with van der Waals surface area (Å²) in [5.74, 6) is 0. The normalized spacial score (nSPS) is 25.2. The number of rotatable bonds is 2. The second kappa shape index (κ2) is 7.88. The third-order valence-electron chi connectivity index (χ3n) is 4.80. The second-order valence-corrected chi connectivity index (χ2v) is 7.01. The zero-order valence-corrected chi connectivity index (χ0v) is 14.8. The maximum Gasteiger partial charge on any atom is 0.321 e. The highest BCUT2D eigenvalue weighted by Gasteiger charge is 2.25. The van der Waals surface area contributed by atoms with Crippen LogP contribution < -0.4 is 10.2 Å². The van der Waals surface area contributed by atoms with E-state index >= 15 is 0 Å². The first kappa shape index (κ1) is 17.1. The first-order valence-corrected chi connectivity index (χ1v) is 9.19. The number of para-hydroxylation sites is 2. The molecule has 2 aliphatic rings. The molecule has 0 bridgehead atoms. The maximum absolute atomic E-state index is 12.7. The fraction of sp³-hybridized carbons (Fsp3) is 0.632. The highest BCUT2D eigenvalue weighted by atomic mass is 16.5. The Labute approximate surface area is 145 Å². The highest BCUT2D eigenvalue weighted by Crippen LogP contribution is 2.29. The first-order valence-electron chi connectivity index (χ1n) is 9.19. The van der Waals surface area contributed by atoms with Crippen molar-refractivity contribution in [3.05, 3.63) is 24.3 Å². The maximum atomic E-state index is 12.7. The number of carbonyl (C=O) groups is 1. The molecule has 5 heteroatoms. The molecular formula is C19H29N3O2. The number of likely N-dealkylation sites (tertiary alicyclic amines) is 1. The van der Waals surface area contributed by atoms with Crippen molar-refractivity contribution in [3.63, 3.8) is 0 Å². The first-order chi connectivity index (χ1) is 11.6. The largest absolute Gasteiger partial charge is 0.372 e. The molecule has 1 N–H and O–H groups in total. The van der Waals surface area contributed by atoms with Crippen LogP contribution in [-0.4, -0.2) is 49.3 Å². The summed E-state index contributed by atoms with van der Waals surface area (Å²) in [4.78, 5) is 16.9. The van der Waals surface area contributed by atoms with Crippen molar-refractivity contribution in [1.29, 1.82) is 0 Å². The zero-order valence-electron chi connectivity index (χ0n) is 14.8. The Morgan fingerprint density at radius 2 is 1.67 bits per heavy atom. The van der Waals surface area contributed by atoms with E-state index in [2.05, 4.69) is 30.1 Å². The second-order valence-electron chi connectivity index (χ2n) is 7.01. The Morgan fingerprint density at radius 3 is 2.33 bits per heavy atom. The van der Waals surface area contributed by atoms with Gasteiger partial charge in [0.1, 0.15) is 0 Å². The van der Waals surface area contributed by atoms with Crippen molar-refractivity contribution in [3.8, 4) is 0 Å². The minimum absolute atomic E-state index is 0.0266. The van der Waals surface area contributed by atoms with Crippen LogP contribution >= 0.6 is 0 Å². The molecule has 2 unspecified atom stereocenters. The molecule has 3 rings (SSSR count). The minimum atomic E-state index is 0.0266. The van der Waals surface area contributed by atoms with Crippen LogP contribution in [0.2, 0.25) is 0 Å². The summed E-state index contributed by atoms with van der Waals surface area (Å²) in [5.41, 5.74) is 1.98. The molecule has 24 heavy (non-hydrogen) atoms. The zero-order chi connectivity index (χ0) is 16.9. The van der Waals surface area contributed by atoms with E-state index in [0.29, 0.717) is 0 Å². The van der Waals surface area contributed by atoms with E-state index in [9.17, 15) is 4.79 Å². The molecule has 2 amide bonds. The van der Waals surface area contributed by atoms with Crippen LogP contribution in [0.1, 0.15) is 39.5 Å². The van der Waals surface area contributed by atoms with Crippen molar-refractivity contribution >= 4 is 17.4 Å². The molecule has 0 radical (unpaired) electrons. The lowest BCUT2D eigenvalue weighted by Crippen LogP contribution is -2.46. The summed E-state index contributed by atoms with van der Waals surface area (Å²) in [5, 5.41) is 3.14. The van der Waals surface area contributed by atoms with Gasteiger partial charge >= 0.3 is 6.03 Å². The molecule has 2 saturated heterocycles. The summed E-state index contributed by atoms with van der Waals surface area (Å²) < 4.78 is 5.83. The lowest BCUT2D eigenvalue weighted by Gasteiger charge is -2.37. The van der Waals surface area contributed by atoms with Gasteiger partial charge in [0.2, 0.25) is 0 Å². The number of amides is 2. The number of urea groups is 1. The number of morpholine rings is 1. The Balaban J connectivity index is 1.72. The molecule has 132 valence electrons. The fourth-order valence-electron chi connectivity index (χ4n) is 3.70. The number of ether oxygens (including phenoxy) is 1. The van der Waals surface area contributed by atoms with Gasteiger partial charge in [0.25, 0.3) is 0 Å². The summed E-state index contributed by atoms with van der Waals surface area (Å²) in [6.07, 6.45) is 5.06. The third-order valence-corrected chi connectivity index (χ3v) is 4.80. The molecule has 2 heterocycles. The molecule has 0 saturated carbocycles. The number of carbonyl (C=O) groups excluding carboxylic acids is 1. The van der Waals surface area contributed by atoms with Crippen molar-refractivity contribution in [2.75, 3.05) is 36.4 Å². The Kier molecular flexibility index (Phi) is 5.61. The molecule has 1 aromatic rings. The molecular weight excluding hydrogens is 302 g/mol. The predicted octanol–water partition coefficient (Wildman–Crippen LogP) is 3.71. The van der Waals surface area contributed by atoms with E-state index in [1.807, 2.05) is 23.1 Å². The monoisotopic (exact) mass is 331 g/mol. The number of hydrogen-bond acceptors (Lipinski definition) is 3. The van der Waals surface area contributed by atoms with Crippen LogP contribution in [0.15, 0.2) is 24.3 Å². The van der Waals surface area contributed by atoms with E-state index in [1.54, 1.807) is 0 Å². The Bertz CT molecular complexity index is 545. The van der Waals surface area contributed by atoms with Crippen LogP contribution in [0.3, 0.4) is 0 Å². The quantitative estimate of drug-likeness (QED) is 0.898. The minimum Gasteiger partial charge on any atom is -0.372 e. The van der Waals surface area contributed by atoms with Gasteiger partial charge in [-0.1, -0.05) is 25.0 Å². The Morgan fingerprint density at radius 1 is 1.04 bits per heavy atom. The lowest BCUT2D eigenvalue weighted by atomic mass is 10.1. The van der Waals surface area contributed by atoms with Crippen molar-refractivity contribution in [2.45, 2.75) is 51.7 Å². The van der Waals surface area contributed by atoms with E-state index in [-0.39, 0.29) is 18.2 Å². The summed E-state index contributed by atoms with van der Waals surface area (Å²) in [7, 11) is 0. The summed E-state index contributed by atoms with van der Waals surface area (Å²) in [6, 6.07) is 8.12. The molecule has 2 fully saturated rings. The van der Waals surface area contributed by atoms with Gasteiger partial charge in [-0.25, -0.2) is 4.79 Å². The van der Waals surface area contributed by atoms with E-state index in [1.165, 1.54) is 12.8 Å². The fourth-order valence-corrected chi connectivity index (χ4v) is 3.70. The molecule has 0 spiro atoms. The summed E-state index contributed by atoms with van der Waals surface area (Å²) >= 11 is 0. The van der Waals surface area contributed by atoms with Gasteiger partial charge in [0.15, 0.2) is 0 Å². The van der Waals surface area contributed by atoms with Crippen LogP contribution in [0, 0.1) is 0 Å². The van der Waals surface area contributed by atoms with Gasteiger partial charge in [-0.3, -0.25) is 0 Å². The van der Waals surface area contributed by atoms with E-state index in [0.717, 1.165) is 50.4 Å².